The van der Waals surface area contributed by atoms with Crippen LogP contribution in [-0.4, -0.2) is 24.9 Å². The minimum absolute atomic E-state index is 0.914. The first-order valence-electron chi connectivity index (χ1n) is 5.31. The first kappa shape index (κ1) is 10.8. The van der Waals surface area contributed by atoms with Crippen molar-refractivity contribution in [3.63, 3.8) is 0 Å². The van der Waals surface area contributed by atoms with E-state index in [-0.39, 0.29) is 0 Å². The van der Waals surface area contributed by atoms with Crippen molar-refractivity contribution >= 4 is 21.7 Å². The van der Waals surface area contributed by atoms with Gasteiger partial charge in [-0.3, -0.25) is 4.98 Å². The number of rotatable bonds is 0. The molecule has 0 bridgehead atoms. The fourth-order valence-corrected chi connectivity index (χ4v) is 2.12. The molecule has 2 aromatic rings. The molecule has 88 valence electrons. The molecule has 0 amide bonds. The van der Waals surface area contributed by atoms with E-state index >= 15 is 0 Å². The van der Waals surface area contributed by atoms with E-state index in [9.17, 15) is 0 Å². The zero-order valence-electron chi connectivity index (χ0n) is 9.32. The normalized spacial score (nSPS) is 10.2. The van der Waals surface area contributed by atoms with Crippen LogP contribution in [0.3, 0.4) is 0 Å². The van der Waals surface area contributed by atoms with Crippen LogP contribution < -0.4 is 0 Å². The van der Waals surface area contributed by atoms with Crippen LogP contribution in [0, 0.1) is 0 Å². The molecule has 0 saturated heterocycles. The maximum atomic E-state index is 4.10. The van der Waals surface area contributed by atoms with Crippen LogP contribution in [0.1, 0.15) is 0 Å². The highest BCUT2D eigenvalue weighted by Gasteiger charge is 1.99. The molecule has 2 aliphatic rings. The average molecular weight is 255 g/mol. The molecule has 18 heavy (non-hydrogen) atoms. The van der Waals surface area contributed by atoms with E-state index < -0.39 is 0 Å². The molecular weight excluding hydrogens is 246 g/mol. The Labute approximate surface area is 107 Å². The molecule has 0 unspecified atom stereocenters. The lowest BCUT2D eigenvalue weighted by Crippen LogP contribution is -1.81. The highest BCUT2D eigenvalue weighted by Crippen LogP contribution is 2.12. The third kappa shape index (κ3) is 2.18. The van der Waals surface area contributed by atoms with Gasteiger partial charge < -0.3 is 4.98 Å². The summed E-state index contributed by atoms with van der Waals surface area (Å²) in [5.74, 6) is 0. The molecule has 0 fully saturated rings. The molecule has 0 saturated carbocycles. The van der Waals surface area contributed by atoms with Crippen molar-refractivity contribution in [2.24, 2.45) is 0 Å². The van der Waals surface area contributed by atoms with Crippen LogP contribution in [0.25, 0.3) is 21.7 Å². The lowest BCUT2D eigenvalue weighted by molar-refractivity contribution is 1.15. The third-order valence-corrected chi connectivity index (χ3v) is 3.08. The number of nitrogens with one attached hydrogen (secondary N) is 1. The highest BCUT2D eigenvalue weighted by atomic mass is 32.1. The van der Waals surface area contributed by atoms with Crippen molar-refractivity contribution in [3.8, 4) is 11.4 Å². The summed E-state index contributed by atoms with van der Waals surface area (Å²) in [7, 11) is 0. The summed E-state index contributed by atoms with van der Waals surface area (Å²) >= 11 is 1.57. The minimum atomic E-state index is 0.914. The first-order valence-corrected chi connectivity index (χ1v) is 6.19. The Kier molecular flexibility index (Phi) is 2.93. The first-order chi connectivity index (χ1) is 8.93. The average Bonchev–Trinajstić information content (AvgIpc) is 3.08. The maximum absolute atomic E-state index is 4.10. The Morgan fingerprint density at radius 2 is 2.06 bits per heavy atom. The molecule has 0 aliphatic carbocycles. The molecule has 0 aromatic carbocycles. The zero-order valence-corrected chi connectivity index (χ0v) is 10.1. The van der Waals surface area contributed by atoms with Crippen molar-refractivity contribution in [2.75, 3.05) is 0 Å². The fraction of sp³-hybridized carbons (Fsp3) is 0. The van der Waals surface area contributed by atoms with Gasteiger partial charge >= 0.3 is 0 Å². The van der Waals surface area contributed by atoms with Gasteiger partial charge in [0.05, 0.1) is 29.2 Å². The van der Waals surface area contributed by atoms with Gasteiger partial charge in [-0.25, -0.2) is 15.0 Å². The molecular formula is C12H9N5S. The number of H-pyrrole nitrogens is 1. The predicted octanol–water partition coefficient (Wildman–Crippen LogP) is 2.60. The summed E-state index contributed by atoms with van der Waals surface area (Å²) in [4.78, 5) is 20.0. The van der Waals surface area contributed by atoms with Crippen molar-refractivity contribution in [2.45, 2.75) is 0 Å². The zero-order chi connectivity index (χ0) is 12.2. The van der Waals surface area contributed by atoms with Gasteiger partial charge in [-0.15, -0.1) is 11.3 Å². The molecule has 0 radical (unpaired) electrons. The van der Waals surface area contributed by atoms with E-state index in [2.05, 4.69) is 24.9 Å². The van der Waals surface area contributed by atoms with Crippen molar-refractivity contribution in [3.05, 3.63) is 48.6 Å². The summed E-state index contributed by atoms with van der Waals surface area (Å²) < 4.78 is 0. The van der Waals surface area contributed by atoms with E-state index in [4.69, 9.17) is 0 Å². The SMILES string of the molecule is c1cc2[nH]cncc-2n1.c1cnc2scnc2c1. The number of hydrogen-bond acceptors (Lipinski definition) is 5. The summed E-state index contributed by atoms with van der Waals surface area (Å²) in [6, 6.07) is 5.76. The largest absolute Gasteiger partial charge is 0.345 e. The second-order valence-corrected chi connectivity index (χ2v) is 4.31. The number of aromatic amines is 1. The second kappa shape index (κ2) is 4.89. The Morgan fingerprint density at radius 3 is 2.94 bits per heavy atom. The van der Waals surface area contributed by atoms with Crippen LogP contribution >= 0.6 is 11.3 Å². The van der Waals surface area contributed by atoms with Gasteiger partial charge in [-0.2, -0.15) is 0 Å². The Bertz CT molecular complexity index is 659. The van der Waals surface area contributed by atoms with Crippen LogP contribution in [0.4, 0.5) is 0 Å². The van der Waals surface area contributed by atoms with Crippen molar-refractivity contribution < 1.29 is 0 Å². The Morgan fingerprint density at radius 1 is 1.06 bits per heavy atom. The van der Waals surface area contributed by atoms with Gasteiger partial charge in [-0.1, -0.05) is 0 Å². The van der Waals surface area contributed by atoms with E-state index in [0.29, 0.717) is 0 Å². The van der Waals surface area contributed by atoms with Gasteiger partial charge in [-0.05, 0) is 18.2 Å². The van der Waals surface area contributed by atoms with Gasteiger partial charge in [0.2, 0.25) is 0 Å². The van der Waals surface area contributed by atoms with Gasteiger partial charge in [0.15, 0.2) is 0 Å². The topological polar surface area (TPSA) is 67.3 Å². The van der Waals surface area contributed by atoms with E-state index in [1.54, 1.807) is 41.8 Å². The molecule has 6 heteroatoms. The summed E-state index contributed by atoms with van der Waals surface area (Å²) in [5, 5.41) is 0. The van der Waals surface area contributed by atoms with Crippen molar-refractivity contribution in [1.29, 1.82) is 0 Å². The fourth-order valence-electron chi connectivity index (χ4n) is 1.49. The molecule has 5 nitrogen and oxygen atoms in total. The van der Waals surface area contributed by atoms with E-state index in [1.807, 2.05) is 18.2 Å². The molecule has 4 heterocycles. The van der Waals surface area contributed by atoms with Gasteiger partial charge in [0.1, 0.15) is 10.5 Å². The molecule has 0 atom stereocenters. The second-order valence-electron chi connectivity index (χ2n) is 3.48. The maximum Gasteiger partial charge on any atom is 0.143 e. The van der Waals surface area contributed by atoms with Crippen LogP contribution in [0.5, 0.6) is 0 Å². The monoisotopic (exact) mass is 255 g/mol. The van der Waals surface area contributed by atoms with Crippen molar-refractivity contribution in [1.82, 2.24) is 24.9 Å². The van der Waals surface area contributed by atoms with Gasteiger partial charge in [0.25, 0.3) is 0 Å². The standard InChI is InChI=1S/C6H5N3.C6H4N2S/c1-2-8-6-3-7-4-9-5(1)6;1-2-5-6(7-3-1)9-4-8-5/h1-4H,(H,7,9);1-4H. The smallest absolute Gasteiger partial charge is 0.143 e. The molecule has 4 rings (SSSR count). The number of nitrogens with zero attached hydrogens (tertiary/aromatic N) is 4. The number of thiazole rings is 1. The van der Waals surface area contributed by atoms with Crippen LogP contribution in [-0.2, 0) is 0 Å². The quantitative estimate of drug-likeness (QED) is 0.524. The van der Waals surface area contributed by atoms with Crippen LogP contribution in [0.2, 0.25) is 0 Å². The van der Waals surface area contributed by atoms with Gasteiger partial charge in [0, 0.05) is 12.4 Å². The summed E-state index contributed by atoms with van der Waals surface area (Å²) in [5.41, 5.74) is 4.74. The van der Waals surface area contributed by atoms with Crippen LogP contribution in [0.15, 0.2) is 48.6 Å². The Hall–Kier alpha value is -2.34. The lowest BCUT2D eigenvalue weighted by Gasteiger charge is -1.91. The number of pyridine rings is 1. The Balaban J connectivity index is 0.000000111. The summed E-state index contributed by atoms with van der Waals surface area (Å²) in [6.07, 6.45) is 6.90. The predicted molar refractivity (Wildman–Crippen MR) is 70.4 cm³/mol. The lowest BCUT2D eigenvalue weighted by atomic mass is 10.3. The highest BCUT2D eigenvalue weighted by molar-refractivity contribution is 7.16. The number of aromatic nitrogens is 5. The minimum Gasteiger partial charge on any atom is -0.345 e. The number of fused-ring (bicyclic) bond motifs is 2. The van der Waals surface area contributed by atoms with E-state index in [1.165, 1.54) is 0 Å². The third-order valence-electron chi connectivity index (χ3n) is 2.33. The molecule has 0 spiro atoms. The van der Waals surface area contributed by atoms with E-state index in [0.717, 1.165) is 21.7 Å². The summed E-state index contributed by atoms with van der Waals surface area (Å²) in [6.45, 7) is 0. The number of hydrogen-bond donors (Lipinski definition) is 1. The molecule has 1 N–H and O–H groups in total. The molecule has 2 aliphatic heterocycles. The molecule has 2 aromatic heterocycles.